The quantitative estimate of drug-likeness (QED) is 0.596. The number of hydroxylamine groups is 2. The van der Waals surface area contributed by atoms with Gasteiger partial charge in [0.05, 0.1) is 6.04 Å². The lowest BCUT2D eigenvalue weighted by atomic mass is 9.76. The lowest BCUT2D eigenvalue weighted by molar-refractivity contribution is -0.171. The van der Waals surface area contributed by atoms with Gasteiger partial charge in [-0.25, -0.2) is 4.79 Å². The molecule has 0 spiro atoms. The van der Waals surface area contributed by atoms with Crippen LogP contribution in [-0.2, 0) is 14.4 Å². The van der Waals surface area contributed by atoms with Gasteiger partial charge >= 0.3 is 6.09 Å². The Morgan fingerprint density at radius 1 is 0.971 bits per heavy atom. The molecule has 172 valence electrons. The molecule has 34 heavy (non-hydrogen) atoms. The van der Waals surface area contributed by atoms with Crippen LogP contribution in [0.25, 0.3) is 16.8 Å². The Balaban J connectivity index is 1.59. The Hall–Kier alpha value is -4.13. The Morgan fingerprint density at radius 3 is 2.44 bits per heavy atom. The van der Waals surface area contributed by atoms with Crippen LogP contribution in [0.5, 0.6) is 0 Å². The van der Waals surface area contributed by atoms with E-state index in [1.54, 1.807) is 0 Å². The number of nitrogens with zero attached hydrogens (tertiary/aromatic N) is 2. The lowest BCUT2D eigenvalue weighted by Crippen LogP contribution is -2.44. The summed E-state index contributed by atoms with van der Waals surface area (Å²) in [6.45, 7) is 0. The molecular weight excluding hydrogens is 430 g/mol. The van der Waals surface area contributed by atoms with Gasteiger partial charge in [-0.05, 0) is 33.5 Å². The lowest BCUT2D eigenvalue weighted by Gasteiger charge is -2.34. The SMILES string of the molecule is CN(C)c1ccc2ccccc2c1C1c2ccccc2C=CC1NC(=O)ON1C(=O)CCC1=O. The summed E-state index contributed by atoms with van der Waals surface area (Å²) >= 11 is 0. The molecule has 3 aromatic rings. The number of fused-ring (bicyclic) bond motifs is 2. The highest BCUT2D eigenvalue weighted by Gasteiger charge is 2.36. The number of anilines is 1. The smallest absolute Gasteiger partial charge is 0.377 e. The van der Waals surface area contributed by atoms with E-state index in [0.717, 1.165) is 33.2 Å². The van der Waals surface area contributed by atoms with E-state index in [9.17, 15) is 14.4 Å². The molecule has 1 N–H and O–H groups in total. The largest absolute Gasteiger partial charge is 0.432 e. The number of rotatable bonds is 4. The molecule has 1 heterocycles. The first kappa shape index (κ1) is 21.7. The number of carbonyl (C=O) groups is 3. The van der Waals surface area contributed by atoms with Crippen LogP contribution in [0, 0.1) is 0 Å². The van der Waals surface area contributed by atoms with Crippen molar-refractivity contribution in [3.8, 4) is 0 Å². The fourth-order valence-corrected chi connectivity index (χ4v) is 4.83. The molecule has 0 saturated carbocycles. The summed E-state index contributed by atoms with van der Waals surface area (Å²) in [5.41, 5.74) is 4.27. The summed E-state index contributed by atoms with van der Waals surface area (Å²) in [7, 11) is 4.00. The van der Waals surface area contributed by atoms with Crippen LogP contribution in [0.3, 0.4) is 0 Å². The molecule has 1 fully saturated rings. The zero-order valence-electron chi connectivity index (χ0n) is 19.0. The second kappa shape index (κ2) is 8.67. The standard InChI is InChI=1S/C27H25N3O4/c1-29(2)22-14-12-18-8-4-6-10-20(18)26(22)25-19-9-5-3-7-17(19)11-13-21(25)28-27(33)34-30-23(31)15-16-24(30)32/h3-14,21,25H,15-16H2,1-2H3,(H,28,33). The molecule has 0 aromatic heterocycles. The van der Waals surface area contributed by atoms with Gasteiger partial charge in [0, 0.05) is 38.5 Å². The number of amides is 3. The molecule has 7 nitrogen and oxygen atoms in total. The molecule has 2 atom stereocenters. The van der Waals surface area contributed by atoms with Crippen LogP contribution in [0.2, 0.25) is 0 Å². The third-order valence-electron chi connectivity index (χ3n) is 6.38. The highest BCUT2D eigenvalue weighted by atomic mass is 16.7. The molecular formula is C27H25N3O4. The molecule has 3 aromatic carbocycles. The molecule has 2 aliphatic rings. The third-order valence-corrected chi connectivity index (χ3v) is 6.38. The molecule has 1 aliphatic heterocycles. The summed E-state index contributed by atoms with van der Waals surface area (Å²) in [4.78, 5) is 43.8. The fourth-order valence-electron chi connectivity index (χ4n) is 4.83. The Bertz CT molecular complexity index is 1310. The van der Waals surface area contributed by atoms with Gasteiger partial charge in [-0.15, -0.1) is 5.06 Å². The maximum absolute atomic E-state index is 12.8. The van der Waals surface area contributed by atoms with E-state index in [0.29, 0.717) is 5.06 Å². The average Bonchev–Trinajstić information content (AvgIpc) is 3.15. The van der Waals surface area contributed by atoms with Gasteiger partial charge in [0.25, 0.3) is 11.8 Å². The number of carbonyl (C=O) groups excluding carboxylic acids is 3. The molecule has 2 unspecified atom stereocenters. The predicted octanol–water partition coefficient (Wildman–Crippen LogP) is 4.22. The maximum atomic E-state index is 12.8. The Kier molecular flexibility index (Phi) is 5.53. The first-order chi connectivity index (χ1) is 16.4. The summed E-state index contributed by atoms with van der Waals surface area (Å²) in [5.74, 6) is -1.24. The van der Waals surface area contributed by atoms with Crippen molar-refractivity contribution in [3.05, 3.63) is 83.4 Å². The molecule has 1 saturated heterocycles. The van der Waals surface area contributed by atoms with Crippen LogP contribution in [0.4, 0.5) is 10.5 Å². The van der Waals surface area contributed by atoms with Gasteiger partial charge in [0.1, 0.15) is 0 Å². The average molecular weight is 456 g/mol. The summed E-state index contributed by atoms with van der Waals surface area (Å²) in [5, 5.41) is 5.65. The van der Waals surface area contributed by atoms with E-state index in [1.165, 1.54) is 0 Å². The van der Waals surface area contributed by atoms with E-state index in [2.05, 4.69) is 46.6 Å². The van der Waals surface area contributed by atoms with E-state index in [4.69, 9.17) is 4.84 Å². The highest BCUT2D eigenvalue weighted by Crippen LogP contribution is 2.43. The Labute approximate surface area is 197 Å². The van der Waals surface area contributed by atoms with E-state index in [-0.39, 0.29) is 18.8 Å². The fraction of sp³-hybridized carbons (Fsp3) is 0.222. The summed E-state index contributed by atoms with van der Waals surface area (Å²) in [6, 6.07) is 20.0. The molecule has 0 bridgehead atoms. The number of hydrogen-bond acceptors (Lipinski definition) is 5. The van der Waals surface area contributed by atoms with Gasteiger partial charge in [0.2, 0.25) is 0 Å². The van der Waals surface area contributed by atoms with Crippen molar-refractivity contribution in [2.24, 2.45) is 0 Å². The second-order valence-corrected chi connectivity index (χ2v) is 8.71. The van der Waals surface area contributed by atoms with Crippen molar-refractivity contribution < 1.29 is 19.2 Å². The van der Waals surface area contributed by atoms with Crippen molar-refractivity contribution in [1.29, 1.82) is 0 Å². The molecule has 5 rings (SSSR count). The first-order valence-electron chi connectivity index (χ1n) is 11.2. The van der Waals surface area contributed by atoms with Crippen molar-refractivity contribution in [2.45, 2.75) is 24.8 Å². The number of imide groups is 1. The van der Waals surface area contributed by atoms with Crippen molar-refractivity contribution in [1.82, 2.24) is 10.4 Å². The molecule has 1 aliphatic carbocycles. The molecule has 3 amide bonds. The van der Waals surface area contributed by atoms with E-state index < -0.39 is 23.9 Å². The molecule has 0 radical (unpaired) electrons. The summed E-state index contributed by atoms with van der Waals surface area (Å²) in [6.07, 6.45) is 3.17. The minimum Gasteiger partial charge on any atom is -0.377 e. The third kappa shape index (κ3) is 3.79. The number of nitrogens with one attached hydrogen (secondary N) is 1. The monoisotopic (exact) mass is 455 g/mol. The van der Waals surface area contributed by atoms with Crippen molar-refractivity contribution in [2.75, 3.05) is 19.0 Å². The molecule has 7 heteroatoms. The zero-order valence-corrected chi connectivity index (χ0v) is 19.0. The topological polar surface area (TPSA) is 79.0 Å². The zero-order chi connectivity index (χ0) is 23.8. The van der Waals surface area contributed by atoms with E-state index >= 15 is 0 Å². The van der Waals surface area contributed by atoms with Gasteiger partial charge < -0.3 is 15.1 Å². The van der Waals surface area contributed by atoms with Crippen LogP contribution in [-0.4, -0.2) is 43.1 Å². The van der Waals surface area contributed by atoms with Crippen LogP contribution < -0.4 is 10.2 Å². The van der Waals surface area contributed by atoms with Crippen LogP contribution in [0.15, 0.2) is 66.7 Å². The maximum Gasteiger partial charge on any atom is 0.432 e. The van der Waals surface area contributed by atoms with Crippen LogP contribution in [0.1, 0.15) is 35.4 Å². The summed E-state index contributed by atoms with van der Waals surface area (Å²) < 4.78 is 0. The minimum absolute atomic E-state index is 0.0493. The van der Waals surface area contributed by atoms with Gasteiger partial charge in [-0.2, -0.15) is 0 Å². The van der Waals surface area contributed by atoms with Crippen molar-refractivity contribution >= 4 is 40.4 Å². The van der Waals surface area contributed by atoms with Gasteiger partial charge in [0.15, 0.2) is 0 Å². The van der Waals surface area contributed by atoms with E-state index in [1.807, 2.05) is 50.5 Å². The minimum atomic E-state index is -0.839. The van der Waals surface area contributed by atoms with Gasteiger partial charge in [-0.1, -0.05) is 66.7 Å². The first-order valence-corrected chi connectivity index (χ1v) is 11.2. The highest BCUT2D eigenvalue weighted by molar-refractivity contribution is 6.01. The van der Waals surface area contributed by atoms with Crippen molar-refractivity contribution in [3.63, 3.8) is 0 Å². The number of benzene rings is 3. The van der Waals surface area contributed by atoms with Gasteiger partial charge in [-0.3, -0.25) is 9.59 Å². The Morgan fingerprint density at radius 2 is 1.68 bits per heavy atom. The normalized spacial score (nSPS) is 19.3. The predicted molar refractivity (Wildman–Crippen MR) is 130 cm³/mol. The van der Waals surface area contributed by atoms with Crippen LogP contribution >= 0.6 is 0 Å². The second-order valence-electron chi connectivity index (χ2n) is 8.71. The number of hydrogen-bond donors (Lipinski definition) is 1.